The summed E-state index contributed by atoms with van der Waals surface area (Å²) in [6, 6.07) is 4.86. The molecule has 1 aromatic carbocycles. The minimum atomic E-state index is -0.793. The van der Waals surface area contributed by atoms with Crippen molar-refractivity contribution in [2.75, 3.05) is 32.7 Å². The van der Waals surface area contributed by atoms with Crippen molar-refractivity contribution in [2.24, 2.45) is 0 Å². The average molecular weight is 301 g/mol. The Morgan fingerprint density at radius 1 is 1.25 bits per heavy atom. The summed E-state index contributed by atoms with van der Waals surface area (Å²) < 4.78 is 13.4. The Bertz CT molecular complexity index is 484. The summed E-state index contributed by atoms with van der Waals surface area (Å²) in [6.45, 7) is 3.94. The van der Waals surface area contributed by atoms with E-state index in [2.05, 4.69) is 4.90 Å². The third-order valence-corrected chi connectivity index (χ3v) is 3.74. The van der Waals surface area contributed by atoms with Crippen LogP contribution in [-0.4, -0.2) is 53.6 Å². The SMILES string of the molecule is O=C(O)CN1CCCN(Cc2ccc(Cl)c(F)c2)CC1. The number of rotatable bonds is 4. The monoisotopic (exact) mass is 300 g/mol. The largest absolute Gasteiger partial charge is 0.480 e. The highest BCUT2D eigenvalue weighted by atomic mass is 35.5. The first kappa shape index (κ1) is 15.2. The second-order valence-corrected chi connectivity index (χ2v) is 5.46. The van der Waals surface area contributed by atoms with Crippen LogP contribution in [0.4, 0.5) is 4.39 Å². The smallest absolute Gasteiger partial charge is 0.317 e. The number of carboxylic acid groups (broad SMARTS) is 1. The van der Waals surface area contributed by atoms with Crippen molar-refractivity contribution in [2.45, 2.75) is 13.0 Å². The lowest BCUT2D eigenvalue weighted by molar-refractivity contribution is -0.138. The van der Waals surface area contributed by atoms with E-state index in [9.17, 15) is 9.18 Å². The van der Waals surface area contributed by atoms with E-state index in [4.69, 9.17) is 16.7 Å². The number of benzene rings is 1. The van der Waals surface area contributed by atoms with Crippen LogP contribution < -0.4 is 0 Å². The summed E-state index contributed by atoms with van der Waals surface area (Å²) in [7, 11) is 0. The summed E-state index contributed by atoms with van der Waals surface area (Å²) in [4.78, 5) is 14.9. The fourth-order valence-electron chi connectivity index (χ4n) is 2.43. The van der Waals surface area contributed by atoms with Gasteiger partial charge in [-0.25, -0.2) is 4.39 Å². The topological polar surface area (TPSA) is 43.8 Å². The predicted molar refractivity (Wildman–Crippen MR) is 75.4 cm³/mol. The molecule has 20 heavy (non-hydrogen) atoms. The molecular formula is C14H18ClFN2O2. The van der Waals surface area contributed by atoms with Crippen LogP contribution in [-0.2, 0) is 11.3 Å². The zero-order valence-corrected chi connectivity index (χ0v) is 11.9. The summed E-state index contributed by atoms with van der Waals surface area (Å²) >= 11 is 5.67. The predicted octanol–water partition coefficient (Wildman–Crippen LogP) is 2.07. The minimum Gasteiger partial charge on any atom is -0.480 e. The molecule has 1 aliphatic heterocycles. The van der Waals surface area contributed by atoms with Gasteiger partial charge in [0.15, 0.2) is 0 Å². The Morgan fingerprint density at radius 3 is 2.65 bits per heavy atom. The fourth-order valence-corrected chi connectivity index (χ4v) is 2.55. The minimum absolute atomic E-state index is 0.0867. The molecule has 0 saturated carbocycles. The van der Waals surface area contributed by atoms with Crippen molar-refractivity contribution in [1.82, 2.24) is 9.80 Å². The van der Waals surface area contributed by atoms with Gasteiger partial charge in [-0.15, -0.1) is 0 Å². The van der Waals surface area contributed by atoms with Crippen LogP contribution in [0.25, 0.3) is 0 Å². The van der Waals surface area contributed by atoms with Gasteiger partial charge in [-0.05, 0) is 30.7 Å². The highest BCUT2D eigenvalue weighted by molar-refractivity contribution is 6.30. The van der Waals surface area contributed by atoms with Gasteiger partial charge in [0, 0.05) is 26.2 Å². The van der Waals surface area contributed by atoms with Crippen molar-refractivity contribution in [3.63, 3.8) is 0 Å². The van der Waals surface area contributed by atoms with Crippen LogP contribution in [0.15, 0.2) is 18.2 Å². The van der Waals surface area contributed by atoms with Gasteiger partial charge in [0.25, 0.3) is 0 Å². The second kappa shape index (κ2) is 7.02. The molecule has 1 aromatic rings. The van der Waals surface area contributed by atoms with Crippen molar-refractivity contribution in [3.8, 4) is 0 Å². The standard InChI is InChI=1S/C14H18ClFN2O2/c15-12-3-2-11(8-13(12)16)9-17-4-1-5-18(7-6-17)10-14(19)20/h2-3,8H,1,4-7,9-10H2,(H,19,20). The lowest BCUT2D eigenvalue weighted by atomic mass is 10.2. The highest BCUT2D eigenvalue weighted by Crippen LogP contribution is 2.17. The maximum Gasteiger partial charge on any atom is 0.317 e. The molecule has 0 spiro atoms. The van der Waals surface area contributed by atoms with Crippen LogP contribution in [0, 0.1) is 5.82 Å². The van der Waals surface area contributed by atoms with E-state index in [1.165, 1.54) is 6.07 Å². The molecule has 0 amide bonds. The van der Waals surface area contributed by atoms with Crippen molar-refractivity contribution >= 4 is 17.6 Å². The Balaban J connectivity index is 1.90. The molecule has 0 aromatic heterocycles. The number of hydrogen-bond donors (Lipinski definition) is 1. The molecular weight excluding hydrogens is 283 g/mol. The summed E-state index contributed by atoms with van der Waals surface area (Å²) in [5, 5.41) is 8.94. The molecule has 6 heteroatoms. The number of aliphatic carboxylic acids is 1. The first-order valence-corrected chi connectivity index (χ1v) is 7.03. The molecule has 1 aliphatic rings. The normalized spacial score (nSPS) is 17.9. The molecule has 0 unspecified atom stereocenters. The van der Waals surface area contributed by atoms with Gasteiger partial charge in [-0.3, -0.25) is 14.6 Å². The van der Waals surface area contributed by atoms with Crippen molar-refractivity contribution in [1.29, 1.82) is 0 Å². The van der Waals surface area contributed by atoms with Gasteiger partial charge in [-0.1, -0.05) is 17.7 Å². The third-order valence-electron chi connectivity index (χ3n) is 3.43. The Labute approximate surface area is 122 Å². The van der Waals surface area contributed by atoms with E-state index in [-0.39, 0.29) is 11.6 Å². The molecule has 1 saturated heterocycles. The van der Waals surface area contributed by atoms with Crippen molar-refractivity contribution < 1.29 is 14.3 Å². The summed E-state index contributed by atoms with van der Waals surface area (Å²) in [5.41, 5.74) is 0.888. The highest BCUT2D eigenvalue weighted by Gasteiger charge is 2.17. The number of nitrogens with zero attached hydrogens (tertiary/aromatic N) is 2. The number of hydrogen-bond acceptors (Lipinski definition) is 3. The molecule has 1 fully saturated rings. The summed E-state index contributed by atoms with van der Waals surface area (Å²) in [5.74, 6) is -1.19. The van der Waals surface area contributed by atoms with Crippen molar-refractivity contribution in [3.05, 3.63) is 34.6 Å². The zero-order chi connectivity index (χ0) is 14.5. The zero-order valence-electron chi connectivity index (χ0n) is 11.2. The van der Waals surface area contributed by atoms with E-state index < -0.39 is 11.8 Å². The summed E-state index contributed by atoms with van der Waals surface area (Å²) in [6.07, 6.45) is 0.920. The average Bonchev–Trinajstić information content (AvgIpc) is 2.59. The van der Waals surface area contributed by atoms with E-state index in [0.717, 1.165) is 38.2 Å². The third kappa shape index (κ3) is 4.44. The van der Waals surface area contributed by atoms with Gasteiger partial charge in [-0.2, -0.15) is 0 Å². The van der Waals surface area contributed by atoms with Gasteiger partial charge >= 0.3 is 5.97 Å². The van der Waals surface area contributed by atoms with E-state index in [1.54, 1.807) is 6.07 Å². The van der Waals surface area contributed by atoms with Gasteiger partial charge in [0.05, 0.1) is 11.6 Å². The lowest BCUT2D eigenvalue weighted by Gasteiger charge is -2.21. The Morgan fingerprint density at radius 2 is 1.95 bits per heavy atom. The molecule has 2 rings (SSSR count). The van der Waals surface area contributed by atoms with Crippen LogP contribution in [0.1, 0.15) is 12.0 Å². The molecule has 1 N–H and O–H groups in total. The van der Waals surface area contributed by atoms with Gasteiger partial charge in [0.1, 0.15) is 5.82 Å². The Kier molecular flexibility index (Phi) is 5.34. The lowest BCUT2D eigenvalue weighted by Crippen LogP contribution is -2.34. The van der Waals surface area contributed by atoms with E-state index in [0.29, 0.717) is 6.54 Å². The molecule has 0 atom stereocenters. The number of halogens is 2. The van der Waals surface area contributed by atoms with Crippen LogP contribution in [0.5, 0.6) is 0 Å². The van der Waals surface area contributed by atoms with E-state index in [1.807, 2.05) is 11.0 Å². The molecule has 0 bridgehead atoms. The van der Waals surface area contributed by atoms with Gasteiger partial charge < -0.3 is 5.11 Å². The van der Waals surface area contributed by atoms with Crippen LogP contribution >= 0.6 is 11.6 Å². The second-order valence-electron chi connectivity index (χ2n) is 5.05. The molecule has 4 nitrogen and oxygen atoms in total. The maximum absolute atomic E-state index is 13.4. The van der Waals surface area contributed by atoms with Crippen LogP contribution in [0.2, 0.25) is 5.02 Å². The molecule has 1 heterocycles. The fraction of sp³-hybridized carbons (Fsp3) is 0.500. The van der Waals surface area contributed by atoms with E-state index >= 15 is 0 Å². The quantitative estimate of drug-likeness (QED) is 0.924. The maximum atomic E-state index is 13.4. The molecule has 0 aliphatic carbocycles. The number of carboxylic acids is 1. The Hall–Kier alpha value is -1.17. The van der Waals surface area contributed by atoms with Gasteiger partial charge in [0.2, 0.25) is 0 Å². The molecule has 0 radical (unpaired) electrons. The number of carbonyl (C=O) groups is 1. The van der Waals surface area contributed by atoms with Crippen LogP contribution in [0.3, 0.4) is 0 Å². The first-order valence-electron chi connectivity index (χ1n) is 6.65. The molecule has 110 valence electrons. The first-order chi connectivity index (χ1) is 9.54.